The van der Waals surface area contributed by atoms with Crippen LogP contribution in [0.4, 0.5) is 0 Å². The van der Waals surface area contributed by atoms with Gasteiger partial charge in [-0.3, -0.25) is 4.99 Å². The second-order valence-corrected chi connectivity index (χ2v) is 4.85. The average molecular weight is 201 g/mol. The molecule has 3 nitrogen and oxygen atoms in total. The van der Waals surface area contributed by atoms with Gasteiger partial charge in [0.05, 0.1) is 11.2 Å². The van der Waals surface area contributed by atoms with Gasteiger partial charge in [-0.25, -0.2) is 0 Å². The van der Waals surface area contributed by atoms with Crippen molar-refractivity contribution in [3.63, 3.8) is 0 Å². The van der Waals surface area contributed by atoms with Gasteiger partial charge in [0.25, 0.3) is 0 Å². The summed E-state index contributed by atoms with van der Waals surface area (Å²) in [6, 6.07) is 0.390. The van der Waals surface area contributed by atoms with Crippen molar-refractivity contribution < 1.29 is 0 Å². The van der Waals surface area contributed by atoms with E-state index in [1.54, 1.807) is 11.8 Å². The fourth-order valence-electron chi connectivity index (χ4n) is 1.47. The Morgan fingerprint density at radius 3 is 2.62 bits per heavy atom. The molecule has 0 radical (unpaired) electrons. The van der Waals surface area contributed by atoms with E-state index < -0.39 is 0 Å². The van der Waals surface area contributed by atoms with Gasteiger partial charge in [0.1, 0.15) is 0 Å². The van der Waals surface area contributed by atoms with Crippen molar-refractivity contribution in [2.45, 2.75) is 38.9 Å². The lowest BCUT2D eigenvalue weighted by Gasteiger charge is -2.33. The molecular formula is C9H19N3S. The van der Waals surface area contributed by atoms with E-state index in [4.69, 9.17) is 11.5 Å². The minimum absolute atomic E-state index is 0.0779. The van der Waals surface area contributed by atoms with Crippen molar-refractivity contribution in [3.8, 4) is 0 Å². The Labute approximate surface area is 84.4 Å². The Morgan fingerprint density at radius 1 is 1.62 bits per heavy atom. The van der Waals surface area contributed by atoms with Crippen LogP contribution in [0.2, 0.25) is 0 Å². The summed E-state index contributed by atoms with van der Waals surface area (Å²) >= 11 is 1.81. The minimum Gasteiger partial charge on any atom is -0.328 e. The van der Waals surface area contributed by atoms with Crippen LogP contribution in [-0.4, -0.2) is 23.0 Å². The predicted octanol–water partition coefficient (Wildman–Crippen LogP) is 1.18. The third kappa shape index (κ3) is 3.29. The van der Waals surface area contributed by atoms with Crippen LogP contribution >= 0.6 is 11.8 Å². The van der Waals surface area contributed by atoms with E-state index in [0.29, 0.717) is 12.0 Å². The molecule has 76 valence electrons. The lowest BCUT2D eigenvalue weighted by atomic mass is 9.81. The topological polar surface area (TPSA) is 64.4 Å². The molecule has 0 saturated heterocycles. The third-order valence-corrected chi connectivity index (χ3v) is 3.17. The number of hydrogen-bond donors (Lipinski definition) is 2. The first kappa shape index (κ1) is 11.0. The van der Waals surface area contributed by atoms with E-state index in [9.17, 15) is 0 Å². The molecule has 4 N–H and O–H groups in total. The molecule has 1 atom stereocenters. The maximum Gasteiger partial charge on any atom is 0.0950 e. The van der Waals surface area contributed by atoms with Crippen molar-refractivity contribution in [1.29, 1.82) is 0 Å². The van der Waals surface area contributed by atoms with E-state index in [0.717, 1.165) is 18.6 Å². The monoisotopic (exact) mass is 201 g/mol. The van der Waals surface area contributed by atoms with E-state index in [-0.39, 0.29) is 6.17 Å². The Bertz CT molecular complexity index is 185. The first-order valence-corrected chi connectivity index (χ1v) is 5.83. The zero-order valence-electron chi connectivity index (χ0n) is 8.36. The fourth-order valence-corrected chi connectivity index (χ4v) is 2.44. The molecule has 0 aromatic carbocycles. The smallest absolute Gasteiger partial charge is 0.0950 e. The second kappa shape index (κ2) is 4.98. The van der Waals surface area contributed by atoms with Crippen LogP contribution in [0.15, 0.2) is 4.99 Å². The van der Waals surface area contributed by atoms with Gasteiger partial charge in [-0.1, -0.05) is 6.92 Å². The molecule has 0 aromatic rings. The van der Waals surface area contributed by atoms with Crippen LogP contribution < -0.4 is 11.5 Å². The van der Waals surface area contributed by atoms with Crippen LogP contribution in [0.1, 0.15) is 26.7 Å². The Kier molecular flexibility index (Phi) is 4.22. The highest BCUT2D eigenvalue weighted by molar-refractivity contribution is 8.13. The molecule has 1 rings (SSSR count). The number of hydrogen-bond acceptors (Lipinski definition) is 4. The molecule has 1 fully saturated rings. The van der Waals surface area contributed by atoms with Crippen molar-refractivity contribution >= 4 is 16.8 Å². The fraction of sp³-hybridized carbons (Fsp3) is 0.889. The standard InChI is InChI=1S/C9H19N3S/c1-3-13-9(12-6(2)10)7-4-8(11)5-7/h6-8H,3-5,10-11H2,1-2H3. The molecule has 0 aliphatic heterocycles. The Hall–Kier alpha value is -0.0600. The number of rotatable bonds is 3. The highest BCUT2D eigenvalue weighted by Gasteiger charge is 2.30. The zero-order valence-corrected chi connectivity index (χ0v) is 9.18. The average Bonchev–Trinajstić information content (AvgIpc) is 1.97. The van der Waals surface area contributed by atoms with Gasteiger partial charge in [0.15, 0.2) is 0 Å². The maximum atomic E-state index is 5.74. The number of aliphatic imine (C=N–C) groups is 1. The van der Waals surface area contributed by atoms with Gasteiger partial charge < -0.3 is 11.5 Å². The molecule has 1 aliphatic rings. The number of nitrogens with two attached hydrogens (primary N) is 2. The summed E-state index contributed by atoms with van der Waals surface area (Å²) in [7, 11) is 0. The van der Waals surface area contributed by atoms with E-state index in [2.05, 4.69) is 11.9 Å². The molecule has 0 heterocycles. The van der Waals surface area contributed by atoms with Crippen molar-refractivity contribution in [2.75, 3.05) is 5.75 Å². The van der Waals surface area contributed by atoms with E-state index in [1.165, 1.54) is 5.04 Å². The highest BCUT2D eigenvalue weighted by atomic mass is 32.2. The summed E-state index contributed by atoms with van der Waals surface area (Å²) in [6.07, 6.45) is 2.09. The van der Waals surface area contributed by atoms with Crippen LogP contribution in [0.25, 0.3) is 0 Å². The Morgan fingerprint density at radius 2 is 2.23 bits per heavy atom. The molecule has 0 aromatic heterocycles. The zero-order chi connectivity index (χ0) is 9.84. The molecule has 0 spiro atoms. The van der Waals surface area contributed by atoms with E-state index >= 15 is 0 Å². The number of thioether (sulfide) groups is 1. The van der Waals surface area contributed by atoms with Crippen molar-refractivity contribution in [1.82, 2.24) is 0 Å². The quantitative estimate of drug-likeness (QED) is 0.532. The Balaban J connectivity index is 2.47. The molecule has 0 amide bonds. The molecule has 1 saturated carbocycles. The van der Waals surface area contributed by atoms with Crippen LogP contribution in [0.3, 0.4) is 0 Å². The maximum absolute atomic E-state index is 5.74. The summed E-state index contributed by atoms with van der Waals surface area (Å²) in [6.45, 7) is 4.05. The third-order valence-electron chi connectivity index (χ3n) is 2.15. The number of nitrogens with zero attached hydrogens (tertiary/aromatic N) is 1. The summed E-state index contributed by atoms with van der Waals surface area (Å²) in [5, 5.41) is 1.21. The van der Waals surface area contributed by atoms with Gasteiger partial charge in [-0.05, 0) is 25.5 Å². The normalized spacial score (nSPS) is 31.2. The lowest BCUT2D eigenvalue weighted by molar-refractivity contribution is 0.347. The summed E-state index contributed by atoms with van der Waals surface area (Å²) in [5.41, 5.74) is 11.4. The van der Waals surface area contributed by atoms with Crippen LogP contribution in [0, 0.1) is 5.92 Å². The SMILES string of the molecule is CCSC(=NC(C)N)C1CC(N)C1. The highest BCUT2D eigenvalue weighted by Crippen LogP contribution is 2.31. The predicted molar refractivity (Wildman–Crippen MR) is 59.9 cm³/mol. The lowest BCUT2D eigenvalue weighted by Crippen LogP contribution is -2.40. The van der Waals surface area contributed by atoms with Gasteiger partial charge in [-0.15, -0.1) is 11.8 Å². The molecular weight excluding hydrogens is 182 g/mol. The molecule has 1 unspecified atom stereocenters. The molecule has 0 bridgehead atoms. The van der Waals surface area contributed by atoms with Gasteiger partial charge in [0, 0.05) is 12.0 Å². The summed E-state index contributed by atoms with van der Waals surface area (Å²) in [4.78, 5) is 4.42. The van der Waals surface area contributed by atoms with Crippen LogP contribution in [0.5, 0.6) is 0 Å². The molecule has 4 heteroatoms. The minimum atomic E-state index is -0.0779. The van der Waals surface area contributed by atoms with Crippen LogP contribution in [-0.2, 0) is 0 Å². The molecule has 13 heavy (non-hydrogen) atoms. The first-order valence-electron chi connectivity index (χ1n) is 4.85. The second-order valence-electron chi connectivity index (χ2n) is 3.57. The summed E-state index contributed by atoms with van der Waals surface area (Å²) < 4.78 is 0. The molecule has 1 aliphatic carbocycles. The van der Waals surface area contributed by atoms with Crippen molar-refractivity contribution in [2.24, 2.45) is 22.4 Å². The summed E-state index contributed by atoms with van der Waals surface area (Å²) in [5.74, 6) is 1.66. The largest absolute Gasteiger partial charge is 0.328 e. The van der Waals surface area contributed by atoms with Gasteiger partial charge >= 0.3 is 0 Å². The first-order chi connectivity index (χ1) is 6.13. The van der Waals surface area contributed by atoms with E-state index in [1.807, 2.05) is 6.92 Å². The van der Waals surface area contributed by atoms with Gasteiger partial charge in [0.2, 0.25) is 0 Å². The van der Waals surface area contributed by atoms with Gasteiger partial charge in [-0.2, -0.15) is 0 Å². The van der Waals surface area contributed by atoms with Crippen molar-refractivity contribution in [3.05, 3.63) is 0 Å².